The highest BCUT2D eigenvalue weighted by Gasteiger charge is 2.29. The molecule has 1 fully saturated rings. The van der Waals surface area contributed by atoms with Crippen LogP contribution < -0.4 is 11.1 Å². The zero-order valence-corrected chi connectivity index (χ0v) is 11.6. The predicted octanol–water partition coefficient (Wildman–Crippen LogP) is -0.474. The van der Waals surface area contributed by atoms with Gasteiger partial charge in [0, 0.05) is 6.04 Å². The SMILES string of the molecule is Cc1nnsc1C(=O)N(CC(N)=O)C1CCNCC1. The molecule has 0 aliphatic carbocycles. The van der Waals surface area contributed by atoms with Crippen molar-refractivity contribution >= 4 is 23.3 Å². The van der Waals surface area contributed by atoms with Gasteiger partial charge in [-0.05, 0) is 44.4 Å². The lowest BCUT2D eigenvalue weighted by molar-refractivity contribution is -0.119. The van der Waals surface area contributed by atoms with Crippen LogP contribution in [0.2, 0.25) is 0 Å². The number of rotatable bonds is 4. The Morgan fingerprint density at radius 1 is 1.47 bits per heavy atom. The number of nitrogens with one attached hydrogen (secondary N) is 1. The molecule has 104 valence electrons. The number of hydrogen-bond acceptors (Lipinski definition) is 6. The van der Waals surface area contributed by atoms with E-state index in [4.69, 9.17) is 5.73 Å². The second-order valence-electron chi connectivity index (χ2n) is 4.57. The highest BCUT2D eigenvalue weighted by atomic mass is 32.1. The normalized spacial score (nSPS) is 16.3. The molecule has 2 rings (SSSR count). The lowest BCUT2D eigenvalue weighted by Crippen LogP contribution is -2.49. The van der Waals surface area contributed by atoms with Crippen molar-refractivity contribution in [1.29, 1.82) is 0 Å². The van der Waals surface area contributed by atoms with Crippen LogP contribution in [0.3, 0.4) is 0 Å². The van der Waals surface area contributed by atoms with Gasteiger partial charge >= 0.3 is 0 Å². The van der Waals surface area contributed by atoms with Gasteiger partial charge in [0.05, 0.1) is 12.2 Å². The van der Waals surface area contributed by atoms with Crippen molar-refractivity contribution in [3.63, 3.8) is 0 Å². The lowest BCUT2D eigenvalue weighted by atomic mass is 10.0. The van der Waals surface area contributed by atoms with Crippen molar-refractivity contribution in [1.82, 2.24) is 19.8 Å². The summed E-state index contributed by atoms with van der Waals surface area (Å²) in [5.74, 6) is -0.694. The van der Waals surface area contributed by atoms with Crippen molar-refractivity contribution in [3.05, 3.63) is 10.6 Å². The maximum atomic E-state index is 12.5. The molecular formula is C11H17N5O2S. The van der Waals surface area contributed by atoms with E-state index in [1.165, 1.54) is 0 Å². The van der Waals surface area contributed by atoms with Gasteiger partial charge in [0.2, 0.25) is 5.91 Å². The minimum atomic E-state index is -0.498. The number of nitrogens with two attached hydrogens (primary N) is 1. The molecule has 1 aliphatic heterocycles. The van der Waals surface area contributed by atoms with Crippen LogP contribution in [0.1, 0.15) is 28.2 Å². The zero-order valence-electron chi connectivity index (χ0n) is 10.8. The van der Waals surface area contributed by atoms with E-state index in [-0.39, 0.29) is 18.5 Å². The quantitative estimate of drug-likeness (QED) is 0.777. The maximum Gasteiger partial charge on any atom is 0.268 e. The molecule has 3 N–H and O–H groups in total. The molecule has 2 amide bonds. The largest absolute Gasteiger partial charge is 0.368 e. The van der Waals surface area contributed by atoms with Crippen LogP contribution in [-0.2, 0) is 4.79 Å². The van der Waals surface area contributed by atoms with Gasteiger partial charge in [0.1, 0.15) is 4.88 Å². The number of primary amides is 1. The first kappa shape index (κ1) is 13.9. The molecule has 2 heterocycles. The van der Waals surface area contributed by atoms with Crippen LogP contribution in [0.4, 0.5) is 0 Å². The van der Waals surface area contributed by atoms with Crippen LogP contribution in [0.15, 0.2) is 0 Å². The van der Waals surface area contributed by atoms with E-state index in [9.17, 15) is 9.59 Å². The summed E-state index contributed by atoms with van der Waals surface area (Å²) in [6, 6.07) is 0.0442. The molecule has 1 aromatic heterocycles. The summed E-state index contributed by atoms with van der Waals surface area (Å²) in [5.41, 5.74) is 5.85. The van der Waals surface area contributed by atoms with Gasteiger partial charge in [-0.15, -0.1) is 5.10 Å². The highest BCUT2D eigenvalue weighted by molar-refractivity contribution is 7.07. The first-order valence-electron chi connectivity index (χ1n) is 6.18. The molecule has 0 saturated carbocycles. The molecule has 0 aromatic carbocycles. The number of hydrogen-bond donors (Lipinski definition) is 2. The van der Waals surface area contributed by atoms with Crippen molar-refractivity contribution in [2.75, 3.05) is 19.6 Å². The molecule has 1 saturated heterocycles. The fourth-order valence-corrected chi connectivity index (χ4v) is 2.82. The van der Waals surface area contributed by atoms with E-state index in [2.05, 4.69) is 14.9 Å². The predicted molar refractivity (Wildman–Crippen MR) is 70.8 cm³/mol. The van der Waals surface area contributed by atoms with E-state index < -0.39 is 5.91 Å². The topological polar surface area (TPSA) is 101 Å². The van der Waals surface area contributed by atoms with Crippen LogP contribution >= 0.6 is 11.5 Å². The Labute approximate surface area is 115 Å². The molecule has 7 nitrogen and oxygen atoms in total. The Morgan fingerprint density at radius 2 is 2.16 bits per heavy atom. The minimum absolute atomic E-state index is 0.0442. The summed E-state index contributed by atoms with van der Waals surface area (Å²) in [4.78, 5) is 25.7. The third-order valence-electron chi connectivity index (χ3n) is 3.18. The summed E-state index contributed by atoms with van der Waals surface area (Å²) in [5, 5.41) is 7.07. The third kappa shape index (κ3) is 3.27. The zero-order chi connectivity index (χ0) is 13.8. The van der Waals surface area contributed by atoms with Gasteiger partial charge in [-0.25, -0.2) is 0 Å². The van der Waals surface area contributed by atoms with E-state index in [1.54, 1.807) is 11.8 Å². The number of carbonyl (C=O) groups excluding carboxylic acids is 2. The number of piperidine rings is 1. The van der Waals surface area contributed by atoms with E-state index >= 15 is 0 Å². The monoisotopic (exact) mass is 283 g/mol. The van der Waals surface area contributed by atoms with Gasteiger partial charge in [-0.1, -0.05) is 4.49 Å². The average Bonchev–Trinajstić information content (AvgIpc) is 2.82. The van der Waals surface area contributed by atoms with E-state index in [0.29, 0.717) is 10.6 Å². The second-order valence-corrected chi connectivity index (χ2v) is 5.32. The molecule has 8 heteroatoms. The van der Waals surface area contributed by atoms with Crippen molar-refractivity contribution in [2.45, 2.75) is 25.8 Å². The standard InChI is InChI=1S/C11H17N5O2S/c1-7-10(19-15-14-7)11(18)16(6-9(12)17)8-2-4-13-5-3-8/h8,13H,2-6H2,1H3,(H2,12,17). The fraction of sp³-hybridized carbons (Fsp3) is 0.636. The van der Waals surface area contributed by atoms with Crippen LogP contribution in [0.5, 0.6) is 0 Å². The first-order valence-corrected chi connectivity index (χ1v) is 6.96. The first-order chi connectivity index (χ1) is 9.09. The number of amides is 2. The number of nitrogens with zero attached hydrogens (tertiary/aromatic N) is 3. The smallest absolute Gasteiger partial charge is 0.268 e. The molecular weight excluding hydrogens is 266 g/mol. The number of carbonyl (C=O) groups is 2. The Kier molecular flexibility index (Phi) is 4.43. The third-order valence-corrected chi connectivity index (χ3v) is 4.00. The molecule has 0 spiro atoms. The van der Waals surface area contributed by atoms with Crippen molar-refractivity contribution in [3.8, 4) is 0 Å². The summed E-state index contributed by atoms with van der Waals surface area (Å²) in [6.45, 7) is 3.36. The maximum absolute atomic E-state index is 12.5. The van der Waals surface area contributed by atoms with Gasteiger partial charge in [0.15, 0.2) is 0 Å². The van der Waals surface area contributed by atoms with Gasteiger partial charge in [-0.2, -0.15) is 0 Å². The summed E-state index contributed by atoms with van der Waals surface area (Å²) < 4.78 is 3.77. The van der Waals surface area contributed by atoms with Gasteiger partial charge in [0.25, 0.3) is 5.91 Å². The summed E-state index contributed by atoms with van der Waals surface area (Å²) >= 11 is 1.06. The van der Waals surface area contributed by atoms with Crippen LogP contribution in [0.25, 0.3) is 0 Å². The van der Waals surface area contributed by atoms with E-state index in [0.717, 1.165) is 37.5 Å². The Balaban J connectivity index is 2.19. The van der Waals surface area contributed by atoms with Crippen molar-refractivity contribution < 1.29 is 9.59 Å². The average molecular weight is 283 g/mol. The van der Waals surface area contributed by atoms with Gasteiger partial charge < -0.3 is 16.0 Å². The molecule has 1 aromatic rings. The van der Waals surface area contributed by atoms with Crippen LogP contribution in [0, 0.1) is 6.92 Å². The van der Waals surface area contributed by atoms with Gasteiger partial charge in [-0.3, -0.25) is 9.59 Å². The molecule has 0 bridgehead atoms. The highest BCUT2D eigenvalue weighted by Crippen LogP contribution is 2.18. The molecule has 1 aliphatic rings. The Morgan fingerprint density at radius 3 is 2.68 bits per heavy atom. The molecule has 0 unspecified atom stereocenters. The van der Waals surface area contributed by atoms with E-state index in [1.807, 2.05) is 0 Å². The molecule has 0 radical (unpaired) electrons. The minimum Gasteiger partial charge on any atom is -0.368 e. The number of aromatic nitrogens is 2. The van der Waals surface area contributed by atoms with Crippen molar-refractivity contribution in [2.24, 2.45) is 5.73 Å². The number of aryl methyl sites for hydroxylation is 1. The fourth-order valence-electron chi connectivity index (χ4n) is 2.21. The molecule has 0 atom stereocenters. The Hall–Kier alpha value is -1.54. The Bertz CT molecular complexity index is 469. The molecule has 19 heavy (non-hydrogen) atoms. The summed E-state index contributed by atoms with van der Waals surface area (Å²) in [7, 11) is 0. The second kappa shape index (κ2) is 6.07. The summed E-state index contributed by atoms with van der Waals surface area (Å²) in [6.07, 6.45) is 1.65. The van der Waals surface area contributed by atoms with Crippen LogP contribution in [-0.4, -0.2) is 52.0 Å². The lowest BCUT2D eigenvalue weighted by Gasteiger charge is -2.33.